The first-order chi connectivity index (χ1) is 22.8. The Morgan fingerprint density at radius 2 is 0.891 bits per heavy atom. The lowest BCUT2D eigenvalue weighted by atomic mass is 9.87. The van der Waals surface area contributed by atoms with Crippen molar-refractivity contribution in [3.63, 3.8) is 0 Å². The van der Waals surface area contributed by atoms with Crippen molar-refractivity contribution < 1.29 is 0 Å². The summed E-state index contributed by atoms with van der Waals surface area (Å²) >= 11 is 0. The third-order valence-electron chi connectivity index (χ3n) is 8.18. The summed E-state index contributed by atoms with van der Waals surface area (Å²) in [6, 6.07) is 51.0. The van der Waals surface area contributed by atoms with Crippen molar-refractivity contribution in [3.05, 3.63) is 157 Å². The van der Waals surface area contributed by atoms with E-state index in [-0.39, 0.29) is 0 Å². The summed E-state index contributed by atoms with van der Waals surface area (Å²) in [4.78, 5) is 19.6. The summed E-state index contributed by atoms with van der Waals surface area (Å²) in [5, 5.41) is 14.7. The number of aromatic nitrogens is 4. The highest BCUT2D eigenvalue weighted by molar-refractivity contribution is 6.17. The molecule has 0 saturated heterocycles. The van der Waals surface area contributed by atoms with Gasteiger partial charge in [0.15, 0.2) is 17.5 Å². The summed E-state index contributed by atoms with van der Waals surface area (Å²) in [5.41, 5.74) is 6.71. The zero-order valence-electron chi connectivity index (χ0n) is 24.7. The van der Waals surface area contributed by atoms with Gasteiger partial charge in [-0.15, -0.1) is 0 Å². The highest BCUT2D eigenvalue weighted by Gasteiger charge is 2.19. The molecule has 0 aliphatic carbocycles. The molecule has 214 valence electrons. The van der Waals surface area contributed by atoms with Gasteiger partial charge in [0.25, 0.3) is 0 Å². The molecule has 2 aromatic heterocycles. The minimum atomic E-state index is 0.537. The molecule has 0 bridgehead atoms. The van der Waals surface area contributed by atoms with E-state index in [0.29, 0.717) is 23.0 Å². The topological polar surface area (TPSA) is 75.3 Å². The van der Waals surface area contributed by atoms with Crippen LogP contribution in [0.15, 0.2) is 152 Å². The van der Waals surface area contributed by atoms with Crippen LogP contribution in [0.2, 0.25) is 0 Å². The predicted molar refractivity (Wildman–Crippen MR) is 185 cm³/mol. The van der Waals surface area contributed by atoms with E-state index in [4.69, 9.17) is 15.0 Å². The molecule has 0 amide bonds. The molecule has 0 fully saturated rings. The molecule has 8 aromatic rings. The Balaban J connectivity index is 1.45. The van der Waals surface area contributed by atoms with E-state index < -0.39 is 0 Å². The van der Waals surface area contributed by atoms with E-state index in [1.807, 2.05) is 109 Å². The zero-order valence-corrected chi connectivity index (χ0v) is 24.7. The van der Waals surface area contributed by atoms with Gasteiger partial charge in [0.05, 0.1) is 11.3 Å². The number of benzene rings is 6. The summed E-state index contributed by atoms with van der Waals surface area (Å²) in [7, 11) is 0. The zero-order chi connectivity index (χ0) is 30.9. The van der Waals surface area contributed by atoms with Crippen LogP contribution in [0, 0.1) is 11.3 Å². The standard InChI is InChI=1S/C41H25N5/c42-26-36-34-19-8-7-17-32(34)33-18-9-10-20-35(33)38(36)30-23-29(37-21-11-12-22-43-37)24-31(25-30)41-45-39(27-13-3-1-4-14-27)44-40(46-41)28-15-5-2-6-16-28/h1-25H. The quantitative estimate of drug-likeness (QED) is 0.187. The highest BCUT2D eigenvalue weighted by Crippen LogP contribution is 2.41. The Morgan fingerprint density at radius 3 is 1.48 bits per heavy atom. The Morgan fingerprint density at radius 1 is 0.413 bits per heavy atom. The van der Waals surface area contributed by atoms with Gasteiger partial charge in [-0.2, -0.15) is 5.26 Å². The number of nitriles is 1. The number of fused-ring (bicyclic) bond motifs is 3. The molecule has 0 N–H and O–H groups in total. The molecule has 5 heteroatoms. The first-order valence-corrected chi connectivity index (χ1v) is 15.0. The van der Waals surface area contributed by atoms with Gasteiger partial charge in [0.1, 0.15) is 6.07 Å². The summed E-state index contributed by atoms with van der Waals surface area (Å²) in [6.45, 7) is 0. The summed E-state index contributed by atoms with van der Waals surface area (Å²) in [6.07, 6.45) is 1.79. The van der Waals surface area contributed by atoms with Gasteiger partial charge in [-0.05, 0) is 52.1 Å². The third-order valence-corrected chi connectivity index (χ3v) is 8.18. The molecule has 8 rings (SSSR count). The van der Waals surface area contributed by atoms with Crippen LogP contribution >= 0.6 is 0 Å². The van der Waals surface area contributed by atoms with Gasteiger partial charge in [0, 0.05) is 39.4 Å². The molecular formula is C41H25N5. The molecule has 0 saturated carbocycles. The second-order valence-corrected chi connectivity index (χ2v) is 11.0. The minimum absolute atomic E-state index is 0.537. The molecule has 0 unspecified atom stereocenters. The third kappa shape index (κ3) is 4.85. The van der Waals surface area contributed by atoms with E-state index in [0.717, 1.165) is 60.6 Å². The second-order valence-electron chi connectivity index (χ2n) is 11.0. The van der Waals surface area contributed by atoms with Crippen LogP contribution in [-0.2, 0) is 0 Å². The van der Waals surface area contributed by atoms with Crippen LogP contribution in [0.3, 0.4) is 0 Å². The fraction of sp³-hybridized carbons (Fsp3) is 0. The van der Waals surface area contributed by atoms with Crippen LogP contribution < -0.4 is 0 Å². The number of hydrogen-bond donors (Lipinski definition) is 0. The molecule has 0 aliphatic heterocycles. The van der Waals surface area contributed by atoms with Gasteiger partial charge in [0.2, 0.25) is 0 Å². The van der Waals surface area contributed by atoms with Gasteiger partial charge in [-0.3, -0.25) is 4.98 Å². The maximum absolute atomic E-state index is 10.6. The number of hydrogen-bond acceptors (Lipinski definition) is 5. The normalized spacial score (nSPS) is 11.0. The van der Waals surface area contributed by atoms with Crippen LogP contribution in [0.25, 0.3) is 78.1 Å². The van der Waals surface area contributed by atoms with Crippen LogP contribution in [-0.4, -0.2) is 19.9 Å². The fourth-order valence-corrected chi connectivity index (χ4v) is 6.08. The first kappa shape index (κ1) is 27.1. The molecule has 0 aliphatic rings. The Kier molecular flexibility index (Phi) is 6.79. The van der Waals surface area contributed by atoms with Crippen molar-refractivity contribution in [2.45, 2.75) is 0 Å². The van der Waals surface area contributed by atoms with E-state index in [1.54, 1.807) is 6.20 Å². The Labute approximate surface area is 266 Å². The summed E-state index contributed by atoms with van der Waals surface area (Å²) < 4.78 is 0. The SMILES string of the molecule is N#Cc1c(-c2cc(-c3ccccn3)cc(-c3nc(-c4ccccc4)nc(-c4ccccc4)n3)c2)c2ccccc2c2ccccc12. The molecule has 6 aromatic carbocycles. The Hall–Kier alpha value is -6.51. The smallest absolute Gasteiger partial charge is 0.164 e. The van der Waals surface area contributed by atoms with Crippen molar-refractivity contribution in [1.29, 1.82) is 5.26 Å². The van der Waals surface area contributed by atoms with Crippen LogP contribution in [0.1, 0.15) is 5.56 Å². The van der Waals surface area contributed by atoms with Crippen molar-refractivity contribution in [2.24, 2.45) is 0 Å². The lowest BCUT2D eigenvalue weighted by Gasteiger charge is -2.16. The minimum Gasteiger partial charge on any atom is -0.256 e. The maximum atomic E-state index is 10.6. The van der Waals surface area contributed by atoms with Gasteiger partial charge >= 0.3 is 0 Å². The van der Waals surface area contributed by atoms with Crippen molar-refractivity contribution >= 4 is 21.5 Å². The lowest BCUT2D eigenvalue weighted by Crippen LogP contribution is -2.01. The lowest BCUT2D eigenvalue weighted by molar-refractivity contribution is 1.07. The molecule has 2 heterocycles. The van der Waals surface area contributed by atoms with E-state index >= 15 is 0 Å². The monoisotopic (exact) mass is 587 g/mol. The van der Waals surface area contributed by atoms with Crippen molar-refractivity contribution in [1.82, 2.24) is 19.9 Å². The van der Waals surface area contributed by atoms with Crippen LogP contribution in [0.4, 0.5) is 0 Å². The molecular weight excluding hydrogens is 562 g/mol. The second kappa shape index (κ2) is 11.5. The van der Waals surface area contributed by atoms with E-state index in [9.17, 15) is 5.26 Å². The highest BCUT2D eigenvalue weighted by atomic mass is 15.0. The first-order valence-electron chi connectivity index (χ1n) is 15.0. The van der Waals surface area contributed by atoms with E-state index in [1.165, 1.54) is 0 Å². The molecule has 5 nitrogen and oxygen atoms in total. The molecule has 0 radical (unpaired) electrons. The van der Waals surface area contributed by atoms with Gasteiger partial charge in [-0.1, -0.05) is 115 Å². The predicted octanol–water partition coefficient (Wildman–Crippen LogP) is 9.78. The Bertz CT molecular complexity index is 2360. The van der Waals surface area contributed by atoms with Crippen LogP contribution in [0.5, 0.6) is 0 Å². The molecule has 46 heavy (non-hydrogen) atoms. The largest absolute Gasteiger partial charge is 0.256 e. The van der Waals surface area contributed by atoms with Gasteiger partial charge < -0.3 is 0 Å². The maximum Gasteiger partial charge on any atom is 0.164 e. The molecule has 0 spiro atoms. The number of rotatable bonds is 5. The van der Waals surface area contributed by atoms with Crippen molar-refractivity contribution in [3.8, 4) is 62.6 Å². The van der Waals surface area contributed by atoms with Gasteiger partial charge in [-0.25, -0.2) is 15.0 Å². The van der Waals surface area contributed by atoms with Crippen molar-refractivity contribution in [2.75, 3.05) is 0 Å². The number of pyridine rings is 1. The average molecular weight is 588 g/mol. The van der Waals surface area contributed by atoms with E-state index in [2.05, 4.69) is 47.5 Å². The fourth-order valence-electron chi connectivity index (χ4n) is 6.08. The number of nitrogens with zero attached hydrogens (tertiary/aromatic N) is 5. The average Bonchev–Trinajstić information content (AvgIpc) is 3.15. The molecule has 0 atom stereocenters. The summed E-state index contributed by atoms with van der Waals surface area (Å²) in [5.74, 6) is 1.71.